The standard InChI is InChI=1S/C16H22N2O4/c1-10-8-12(9-13(11(10)2)14(19)21-3)18-15(20)16(17)4-6-22-7-5-16/h8-9H,4-7,17H2,1-3H3,(H,18,20). The van der Waals surface area contributed by atoms with Crippen molar-refractivity contribution in [3.8, 4) is 0 Å². The summed E-state index contributed by atoms with van der Waals surface area (Å²) in [5.74, 6) is -0.680. The van der Waals surface area contributed by atoms with Crippen LogP contribution in [0.3, 0.4) is 0 Å². The van der Waals surface area contributed by atoms with E-state index in [2.05, 4.69) is 5.32 Å². The summed E-state index contributed by atoms with van der Waals surface area (Å²) >= 11 is 0. The number of benzene rings is 1. The Morgan fingerprint density at radius 1 is 1.27 bits per heavy atom. The first-order valence-corrected chi connectivity index (χ1v) is 7.25. The molecule has 0 saturated carbocycles. The van der Waals surface area contributed by atoms with Gasteiger partial charge in [0, 0.05) is 18.9 Å². The molecule has 3 N–H and O–H groups in total. The van der Waals surface area contributed by atoms with Crippen LogP contribution >= 0.6 is 0 Å². The number of esters is 1. The molecule has 0 aliphatic carbocycles. The minimum absolute atomic E-state index is 0.255. The Hall–Kier alpha value is -1.92. The van der Waals surface area contributed by atoms with E-state index in [4.69, 9.17) is 15.2 Å². The Kier molecular flexibility index (Phi) is 4.83. The predicted octanol–water partition coefficient (Wildman–Crippen LogP) is 1.54. The van der Waals surface area contributed by atoms with Gasteiger partial charge < -0.3 is 20.5 Å². The average molecular weight is 306 g/mol. The van der Waals surface area contributed by atoms with Crippen molar-refractivity contribution in [1.82, 2.24) is 0 Å². The van der Waals surface area contributed by atoms with Gasteiger partial charge in [-0.2, -0.15) is 0 Å². The summed E-state index contributed by atoms with van der Waals surface area (Å²) in [4.78, 5) is 24.2. The highest BCUT2D eigenvalue weighted by Crippen LogP contribution is 2.24. The monoisotopic (exact) mass is 306 g/mol. The molecule has 0 aromatic heterocycles. The maximum absolute atomic E-state index is 12.4. The SMILES string of the molecule is COC(=O)c1cc(NC(=O)C2(N)CCOCC2)cc(C)c1C. The number of nitrogens with two attached hydrogens (primary N) is 1. The molecule has 120 valence electrons. The molecule has 22 heavy (non-hydrogen) atoms. The van der Waals surface area contributed by atoms with E-state index in [0.29, 0.717) is 37.3 Å². The molecular formula is C16H22N2O4. The molecule has 0 bridgehead atoms. The van der Waals surface area contributed by atoms with Crippen molar-refractivity contribution in [3.63, 3.8) is 0 Å². The molecule has 1 aliphatic rings. The number of nitrogens with one attached hydrogen (secondary N) is 1. The zero-order chi connectivity index (χ0) is 16.3. The fraction of sp³-hybridized carbons (Fsp3) is 0.500. The maximum Gasteiger partial charge on any atom is 0.338 e. The van der Waals surface area contributed by atoms with Gasteiger partial charge in [-0.15, -0.1) is 0 Å². The lowest BCUT2D eigenvalue weighted by Gasteiger charge is -2.31. The van der Waals surface area contributed by atoms with Crippen molar-refractivity contribution < 1.29 is 19.1 Å². The largest absolute Gasteiger partial charge is 0.465 e. The van der Waals surface area contributed by atoms with Gasteiger partial charge in [0.15, 0.2) is 0 Å². The van der Waals surface area contributed by atoms with E-state index in [1.807, 2.05) is 19.9 Å². The van der Waals surface area contributed by atoms with Gasteiger partial charge in [-0.05, 0) is 49.9 Å². The van der Waals surface area contributed by atoms with Crippen molar-refractivity contribution in [2.45, 2.75) is 32.2 Å². The van der Waals surface area contributed by atoms with Gasteiger partial charge in [0.2, 0.25) is 5.91 Å². The molecule has 0 radical (unpaired) electrons. The molecular weight excluding hydrogens is 284 g/mol. The number of rotatable bonds is 3. The summed E-state index contributed by atoms with van der Waals surface area (Å²) in [6, 6.07) is 3.44. The van der Waals surface area contributed by atoms with Crippen molar-refractivity contribution >= 4 is 17.6 Å². The summed E-state index contributed by atoms with van der Waals surface area (Å²) in [6.45, 7) is 4.68. The molecule has 1 heterocycles. The van der Waals surface area contributed by atoms with E-state index in [0.717, 1.165) is 11.1 Å². The highest BCUT2D eigenvalue weighted by atomic mass is 16.5. The van der Waals surface area contributed by atoms with Gasteiger partial charge in [-0.25, -0.2) is 4.79 Å². The molecule has 2 rings (SSSR count). The van der Waals surface area contributed by atoms with E-state index in [1.54, 1.807) is 6.07 Å². The van der Waals surface area contributed by atoms with Crippen LogP contribution in [0.4, 0.5) is 5.69 Å². The third-order valence-electron chi connectivity index (χ3n) is 4.17. The molecule has 1 aliphatic heterocycles. The van der Waals surface area contributed by atoms with Crippen LogP contribution in [0, 0.1) is 13.8 Å². The van der Waals surface area contributed by atoms with Gasteiger partial charge >= 0.3 is 5.97 Å². The molecule has 1 amide bonds. The first-order chi connectivity index (χ1) is 10.4. The summed E-state index contributed by atoms with van der Waals surface area (Å²) in [5.41, 5.74) is 7.95. The molecule has 0 atom stereocenters. The zero-order valence-corrected chi connectivity index (χ0v) is 13.2. The number of carbonyl (C=O) groups is 2. The van der Waals surface area contributed by atoms with Crippen molar-refractivity contribution in [2.24, 2.45) is 5.73 Å². The van der Waals surface area contributed by atoms with Gasteiger partial charge in [0.25, 0.3) is 0 Å². The van der Waals surface area contributed by atoms with Crippen LogP contribution in [-0.2, 0) is 14.3 Å². The second-order valence-electron chi connectivity index (χ2n) is 5.68. The lowest BCUT2D eigenvalue weighted by Crippen LogP contribution is -2.54. The maximum atomic E-state index is 12.4. The van der Waals surface area contributed by atoms with Crippen LogP contribution in [0.25, 0.3) is 0 Å². The van der Waals surface area contributed by atoms with Crippen molar-refractivity contribution in [3.05, 3.63) is 28.8 Å². The van der Waals surface area contributed by atoms with Gasteiger partial charge in [-0.1, -0.05) is 0 Å². The Morgan fingerprint density at radius 2 is 1.91 bits per heavy atom. The number of methoxy groups -OCH3 is 1. The van der Waals surface area contributed by atoms with Crippen LogP contribution in [0.5, 0.6) is 0 Å². The first-order valence-electron chi connectivity index (χ1n) is 7.25. The first kappa shape index (κ1) is 16.5. The lowest BCUT2D eigenvalue weighted by molar-refractivity contribution is -0.124. The number of ether oxygens (including phenoxy) is 2. The quantitative estimate of drug-likeness (QED) is 0.827. The normalized spacial score (nSPS) is 16.9. The van der Waals surface area contributed by atoms with E-state index in [9.17, 15) is 9.59 Å². The zero-order valence-electron chi connectivity index (χ0n) is 13.2. The third kappa shape index (κ3) is 3.28. The fourth-order valence-corrected chi connectivity index (χ4v) is 2.47. The third-order valence-corrected chi connectivity index (χ3v) is 4.17. The molecule has 0 unspecified atom stereocenters. The number of hydrogen-bond acceptors (Lipinski definition) is 5. The molecule has 6 heteroatoms. The minimum atomic E-state index is -0.928. The number of aryl methyl sites for hydroxylation is 1. The predicted molar refractivity (Wildman–Crippen MR) is 82.9 cm³/mol. The smallest absolute Gasteiger partial charge is 0.338 e. The topological polar surface area (TPSA) is 90.7 Å². The van der Waals surface area contributed by atoms with E-state index in [1.165, 1.54) is 7.11 Å². The second kappa shape index (κ2) is 6.46. The van der Waals surface area contributed by atoms with Crippen molar-refractivity contribution in [1.29, 1.82) is 0 Å². The summed E-state index contributed by atoms with van der Waals surface area (Å²) in [5, 5.41) is 2.81. The average Bonchev–Trinajstić information content (AvgIpc) is 2.50. The summed E-state index contributed by atoms with van der Waals surface area (Å²) < 4.78 is 10.0. The van der Waals surface area contributed by atoms with Crippen molar-refractivity contribution in [2.75, 3.05) is 25.6 Å². The fourth-order valence-electron chi connectivity index (χ4n) is 2.47. The van der Waals surface area contributed by atoms with Gasteiger partial charge in [-0.3, -0.25) is 4.79 Å². The van der Waals surface area contributed by atoms with Gasteiger partial charge in [0.1, 0.15) is 5.54 Å². The number of amides is 1. The van der Waals surface area contributed by atoms with Crippen LogP contribution < -0.4 is 11.1 Å². The van der Waals surface area contributed by atoms with E-state index < -0.39 is 11.5 Å². The summed E-state index contributed by atoms with van der Waals surface area (Å²) in [6.07, 6.45) is 0.959. The summed E-state index contributed by atoms with van der Waals surface area (Å²) in [7, 11) is 1.33. The Morgan fingerprint density at radius 3 is 2.50 bits per heavy atom. The highest BCUT2D eigenvalue weighted by Gasteiger charge is 2.36. The number of anilines is 1. The Balaban J connectivity index is 2.24. The van der Waals surface area contributed by atoms with E-state index in [-0.39, 0.29) is 5.91 Å². The minimum Gasteiger partial charge on any atom is -0.465 e. The molecule has 6 nitrogen and oxygen atoms in total. The van der Waals surface area contributed by atoms with Gasteiger partial charge in [0.05, 0.1) is 12.7 Å². The molecule has 1 aromatic rings. The Bertz CT molecular complexity index is 592. The second-order valence-corrected chi connectivity index (χ2v) is 5.68. The van der Waals surface area contributed by atoms with Crippen LogP contribution in [0.15, 0.2) is 12.1 Å². The number of carbonyl (C=O) groups excluding carboxylic acids is 2. The van der Waals surface area contributed by atoms with Crippen LogP contribution in [0.1, 0.15) is 34.3 Å². The van der Waals surface area contributed by atoms with Crippen LogP contribution in [-0.4, -0.2) is 37.7 Å². The van der Waals surface area contributed by atoms with E-state index >= 15 is 0 Å². The number of hydrogen-bond donors (Lipinski definition) is 2. The van der Waals surface area contributed by atoms with Crippen LogP contribution in [0.2, 0.25) is 0 Å². The highest BCUT2D eigenvalue weighted by molar-refractivity contribution is 6.00. The Labute approximate surface area is 130 Å². The molecule has 1 saturated heterocycles. The molecule has 1 fully saturated rings. The lowest BCUT2D eigenvalue weighted by atomic mass is 9.90. The molecule has 0 spiro atoms. The molecule has 1 aromatic carbocycles.